The first-order valence-corrected chi connectivity index (χ1v) is 19.9. The molecule has 51 heavy (non-hydrogen) atoms. The van der Waals surface area contributed by atoms with E-state index in [1.807, 2.05) is 44.3 Å². The summed E-state index contributed by atoms with van der Waals surface area (Å²) in [6, 6.07) is 5.67. The number of unbranched alkanes of at least 4 members (excludes halogenated alkanes) is 2. The van der Waals surface area contributed by atoms with Crippen LogP contribution in [0.2, 0.25) is 0 Å². The number of thiazole rings is 1. The van der Waals surface area contributed by atoms with E-state index < -0.39 is 62.1 Å². The molecular weight excluding hydrogens is 691 g/mol. The number of hydrogen-bond donors (Lipinski definition) is 3. The molecule has 3 N–H and O–H groups in total. The third-order valence-electron chi connectivity index (χ3n) is 10.4. The molecule has 5 rings (SSSR count). The van der Waals surface area contributed by atoms with Gasteiger partial charge in [0, 0.05) is 36.1 Å². The number of benzene rings is 1. The number of hydrogen-bond acceptors (Lipinski definition) is 9. The second kappa shape index (κ2) is 15.3. The Balaban J connectivity index is 1.33. The Labute approximate surface area is 304 Å². The normalized spacial score (nSPS) is 24.5. The van der Waals surface area contributed by atoms with E-state index in [9.17, 15) is 27.6 Å². The average Bonchev–Trinajstić information content (AvgIpc) is 3.89. The lowest BCUT2D eigenvalue weighted by Crippen LogP contribution is -2.55. The Morgan fingerprint density at radius 2 is 1.86 bits per heavy atom. The summed E-state index contributed by atoms with van der Waals surface area (Å²) in [6.45, 7) is 13.5. The van der Waals surface area contributed by atoms with Gasteiger partial charge < -0.3 is 15.0 Å². The highest BCUT2D eigenvalue weighted by atomic mass is 32.2. The first kappa shape index (κ1) is 38.2. The van der Waals surface area contributed by atoms with Gasteiger partial charge in [-0.15, -0.1) is 24.5 Å². The number of aromatic nitrogens is 1. The highest BCUT2D eigenvalue weighted by Gasteiger charge is 2.63. The zero-order valence-corrected chi connectivity index (χ0v) is 31.5. The van der Waals surface area contributed by atoms with Gasteiger partial charge in [0.1, 0.15) is 16.7 Å². The smallest absolute Gasteiger partial charge is 0.411 e. The van der Waals surface area contributed by atoms with Crippen molar-refractivity contribution in [2.45, 2.75) is 94.9 Å². The topological polar surface area (TPSA) is 164 Å². The molecule has 0 bridgehead atoms. The fraction of sp³-hybridized carbons (Fsp3) is 0.541. The van der Waals surface area contributed by atoms with E-state index in [1.165, 1.54) is 6.08 Å². The first-order valence-electron chi connectivity index (χ1n) is 17.6. The summed E-state index contributed by atoms with van der Waals surface area (Å²) in [5, 5.41) is 6.42. The summed E-state index contributed by atoms with van der Waals surface area (Å²) >= 11 is 1.54. The van der Waals surface area contributed by atoms with Gasteiger partial charge in [0.15, 0.2) is 0 Å². The molecule has 5 atom stereocenters. The van der Waals surface area contributed by atoms with Gasteiger partial charge in [0.05, 0.1) is 22.3 Å². The van der Waals surface area contributed by atoms with Crippen LogP contribution in [-0.4, -0.2) is 72.1 Å². The monoisotopic (exact) mass is 739 g/mol. The van der Waals surface area contributed by atoms with Crippen LogP contribution in [0, 0.1) is 24.7 Å². The van der Waals surface area contributed by atoms with Crippen LogP contribution in [0.15, 0.2) is 49.7 Å². The predicted molar refractivity (Wildman–Crippen MR) is 197 cm³/mol. The lowest BCUT2D eigenvalue weighted by molar-refractivity contribution is -0.140. The van der Waals surface area contributed by atoms with E-state index in [1.54, 1.807) is 30.2 Å². The molecule has 1 aromatic heterocycles. The van der Waals surface area contributed by atoms with Crippen molar-refractivity contribution in [3.63, 3.8) is 0 Å². The Bertz CT molecular complexity index is 1800. The standard InChI is InChI=1S/C37H49N5O7S2/c1-7-10-11-12-17-42(6)33(44)29-20-25(49-35(46)39-30-18-23(4)13-14-27(30)32-38-22-26(9-3)50-32)19-28(29)31(43)40-37(21-24(37)8-2)34(45)41-51(47,48)36(5)15-16-36/h7-8,13-14,18,22,24-25,28-29H,1-2,9-12,15-17,19-21H2,3-6H3,(H,39,46)(H,40,43)(H,41,45). The lowest BCUT2D eigenvalue weighted by Gasteiger charge is -2.26. The summed E-state index contributed by atoms with van der Waals surface area (Å²) in [5.74, 6) is -3.92. The molecule has 0 spiro atoms. The van der Waals surface area contributed by atoms with Gasteiger partial charge in [-0.3, -0.25) is 24.4 Å². The number of nitrogens with zero attached hydrogens (tertiary/aromatic N) is 2. The highest BCUT2D eigenvalue weighted by Crippen LogP contribution is 2.48. The van der Waals surface area contributed by atoms with Crippen molar-refractivity contribution in [1.29, 1.82) is 0 Å². The number of allylic oxidation sites excluding steroid dienone is 1. The Hall–Kier alpha value is -4.04. The molecule has 0 saturated heterocycles. The minimum Gasteiger partial charge on any atom is -0.446 e. The Morgan fingerprint density at radius 1 is 1.14 bits per heavy atom. The molecule has 5 unspecified atom stereocenters. The third-order valence-corrected chi connectivity index (χ3v) is 13.7. The molecule has 4 amide bonds. The van der Waals surface area contributed by atoms with Gasteiger partial charge in [0.25, 0.3) is 5.91 Å². The van der Waals surface area contributed by atoms with E-state index >= 15 is 0 Å². The fourth-order valence-corrected chi connectivity index (χ4v) is 8.85. The van der Waals surface area contributed by atoms with Crippen LogP contribution in [0.5, 0.6) is 0 Å². The van der Waals surface area contributed by atoms with Crippen molar-refractivity contribution in [1.82, 2.24) is 19.9 Å². The zero-order chi connectivity index (χ0) is 37.1. The molecule has 2 aromatic rings. The molecule has 1 aromatic carbocycles. The van der Waals surface area contributed by atoms with Crippen LogP contribution < -0.4 is 15.4 Å². The van der Waals surface area contributed by atoms with E-state index in [0.717, 1.165) is 46.7 Å². The van der Waals surface area contributed by atoms with Crippen LogP contribution in [0.1, 0.15) is 75.7 Å². The van der Waals surface area contributed by atoms with Crippen LogP contribution in [0.4, 0.5) is 10.5 Å². The number of rotatable bonds is 16. The minimum absolute atomic E-state index is 0.0415. The molecule has 0 aliphatic heterocycles. The highest BCUT2D eigenvalue weighted by molar-refractivity contribution is 7.91. The number of anilines is 1. The average molecular weight is 740 g/mol. The van der Waals surface area contributed by atoms with Crippen LogP contribution in [-0.2, 0) is 35.6 Å². The molecule has 3 aliphatic carbocycles. The quantitative estimate of drug-likeness (QED) is 0.150. The zero-order valence-electron chi connectivity index (χ0n) is 29.8. The number of carbonyl (C=O) groups is 4. The number of nitrogens with one attached hydrogen (secondary N) is 3. The summed E-state index contributed by atoms with van der Waals surface area (Å²) in [6.07, 6.45) is 8.11. The number of aryl methyl sites for hydroxylation is 2. The van der Waals surface area contributed by atoms with Crippen molar-refractivity contribution >= 4 is 50.9 Å². The molecule has 276 valence electrons. The Kier molecular flexibility index (Phi) is 11.4. The maximum atomic E-state index is 14.0. The third kappa shape index (κ3) is 8.38. The number of ether oxygens (including phenoxy) is 1. The van der Waals surface area contributed by atoms with Crippen LogP contribution >= 0.6 is 11.3 Å². The molecule has 12 nitrogen and oxygen atoms in total. The number of sulfonamides is 1. The Morgan fingerprint density at radius 3 is 2.49 bits per heavy atom. The first-order chi connectivity index (χ1) is 24.2. The van der Waals surface area contributed by atoms with Crippen molar-refractivity contribution in [3.8, 4) is 10.6 Å². The van der Waals surface area contributed by atoms with Gasteiger partial charge in [0.2, 0.25) is 21.8 Å². The summed E-state index contributed by atoms with van der Waals surface area (Å²) < 4.78 is 32.9. The second-order valence-corrected chi connectivity index (χ2v) is 17.6. The molecule has 3 fully saturated rings. The van der Waals surface area contributed by atoms with Crippen molar-refractivity contribution < 1.29 is 32.3 Å². The van der Waals surface area contributed by atoms with Crippen LogP contribution in [0.3, 0.4) is 0 Å². The van der Waals surface area contributed by atoms with Gasteiger partial charge in [-0.2, -0.15) is 0 Å². The molecule has 1 heterocycles. The maximum Gasteiger partial charge on any atom is 0.411 e. The largest absolute Gasteiger partial charge is 0.446 e. The second-order valence-electron chi connectivity index (χ2n) is 14.3. The van der Waals surface area contributed by atoms with Crippen molar-refractivity contribution in [2.24, 2.45) is 17.8 Å². The van der Waals surface area contributed by atoms with Gasteiger partial charge >= 0.3 is 6.09 Å². The van der Waals surface area contributed by atoms with Gasteiger partial charge in [-0.05, 0) is 89.3 Å². The van der Waals surface area contributed by atoms with E-state index in [-0.39, 0.29) is 25.2 Å². The lowest BCUT2D eigenvalue weighted by atomic mass is 9.93. The predicted octanol–water partition coefficient (Wildman–Crippen LogP) is 5.50. The number of amides is 4. The van der Waals surface area contributed by atoms with E-state index in [0.29, 0.717) is 25.1 Å². The minimum atomic E-state index is -3.96. The summed E-state index contributed by atoms with van der Waals surface area (Å²) in [5.41, 5.74) is 0.700. The maximum absolute atomic E-state index is 14.0. The summed E-state index contributed by atoms with van der Waals surface area (Å²) in [4.78, 5) is 62.0. The van der Waals surface area contributed by atoms with Gasteiger partial charge in [-0.25, -0.2) is 18.2 Å². The fourth-order valence-electron chi connectivity index (χ4n) is 6.64. The molecular formula is C37H49N5O7S2. The van der Waals surface area contributed by atoms with Crippen molar-refractivity contribution in [3.05, 3.63) is 60.1 Å². The molecule has 3 aliphatic rings. The van der Waals surface area contributed by atoms with Crippen LogP contribution in [0.25, 0.3) is 10.6 Å². The van der Waals surface area contributed by atoms with E-state index in [4.69, 9.17) is 4.74 Å². The molecule has 14 heteroatoms. The molecule has 0 radical (unpaired) electrons. The molecule has 3 saturated carbocycles. The van der Waals surface area contributed by atoms with Gasteiger partial charge in [-0.1, -0.05) is 25.1 Å². The van der Waals surface area contributed by atoms with E-state index in [2.05, 4.69) is 33.5 Å². The number of carbonyl (C=O) groups excluding carboxylic acids is 4. The summed E-state index contributed by atoms with van der Waals surface area (Å²) in [7, 11) is -2.27. The van der Waals surface area contributed by atoms with Crippen molar-refractivity contribution in [2.75, 3.05) is 18.9 Å². The SMILES string of the molecule is C=CCCCCN(C)C(=O)C1CC(OC(=O)Nc2cc(C)ccc2-c2ncc(CC)s2)CC1C(=O)NC1(C(=O)NS(=O)(=O)C2(C)CC2)CC1C=C.